The molecule has 16 heteroatoms. The van der Waals surface area contributed by atoms with E-state index >= 15 is 0 Å². The van der Waals surface area contributed by atoms with Gasteiger partial charge in [0.2, 0.25) is 21.8 Å². The van der Waals surface area contributed by atoms with Crippen LogP contribution in [0.1, 0.15) is 89.5 Å². The largest absolute Gasteiger partial charge is 0.444 e. The first-order chi connectivity index (χ1) is 23.6. The Balaban J connectivity index is 1.22. The summed E-state index contributed by atoms with van der Waals surface area (Å²) in [6.45, 7) is 10.3. The molecule has 50 heavy (non-hydrogen) atoms. The summed E-state index contributed by atoms with van der Waals surface area (Å²) in [5.41, 5.74) is 1.25. The van der Waals surface area contributed by atoms with Crippen LogP contribution in [0.15, 0.2) is 23.6 Å². The van der Waals surface area contributed by atoms with Crippen LogP contribution in [0.4, 0.5) is 9.93 Å². The van der Waals surface area contributed by atoms with Gasteiger partial charge in [0.05, 0.1) is 24.0 Å². The number of carbonyl (C=O) groups is 4. The molecular weight excluding hydrogens is 704 g/mol. The molecule has 5 atom stereocenters. The van der Waals surface area contributed by atoms with Gasteiger partial charge in [0.1, 0.15) is 23.7 Å². The Morgan fingerprint density at radius 2 is 1.88 bits per heavy atom. The number of benzene rings is 1. The van der Waals surface area contributed by atoms with Gasteiger partial charge in [-0.25, -0.2) is 18.2 Å². The van der Waals surface area contributed by atoms with Gasteiger partial charge in [-0.1, -0.05) is 64.8 Å². The smallest absolute Gasteiger partial charge is 0.410 e. The highest BCUT2D eigenvalue weighted by molar-refractivity contribution is 7.91. The number of nitrogens with zero attached hydrogens (tertiary/aromatic N) is 3. The maximum absolute atomic E-state index is 14.4. The third-order valence-corrected chi connectivity index (χ3v) is 13.1. The van der Waals surface area contributed by atoms with E-state index in [1.165, 1.54) is 21.1 Å². The fourth-order valence-electron chi connectivity index (χ4n) is 6.84. The Hall–Kier alpha value is -3.43. The van der Waals surface area contributed by atoms with Crippen molar-refractivity contribution in [1.82, 2.24) is 24.8 Å². The molecule has 2 saturated carbocycles. The minimum atomic E-state index is -3.85. The topological polar surface area (TPSA) is 167 Å². The van der Waals surface area contributed by atoms with E-state index in [-0.39, 0.29) is 49.6 Å². The highest BCUT2D eigenvalue weighted by Gasteiger charge is 2.62. The molecule has 0 spiro atoms. The fourth-order valence-corrected chi connectivity index (χ4v) is 9.37. The number of amides is 4. The molecule has 3 fully saturated rings. The lowest BCUT2D eigenvalue weighted by atomic mass is 10.0. The second-order valence-corrected chi connectivity index (χ2v) is 17.8. The lowest BCUT2D eigenvalue weighted by molar-refractivity contribution is -0.140. The number of aromatic nitrogens is 1. The fraction of sp³-hybridized carbons (Fsp3) is 0.618. The number of rotatable bonds is 12. The van der Waals surface area contributed by atoms with Gasteiger partial charge in [0.15, 0.2) is 5.13 Å². The first kappa shape index (κ1) is 36.4. The van der Waals surface area contributed by atoms with E-state index in [1.54, 1.807) is 6.07 Å². The SMILES string of the molecule is CC[C@@H]1C[C@]1(NC(=O)[C@@H]1C[C@@H](OC(=O)N2Cc3cccc(Cl)c3C2)CN1C(=O)[C@@H](Nc1nc(C(C)C)cs1)C(C)C)C(=O)NS(=O)(=O)C1CC1. The molecular formula is C34H45ClN6O7S2. The zero-order valence-electron chi connectivity index (χ0n) is 28.9. The van der Waals surface area contributed by atoms with Crippen LogP contribution in [0.25, 0.3) is 0 Å². The van der Waals surface area contributed by atoms with Gasteiger partial charge in [-0.3, -0.25) is 24.0 Å². The highest BCUT2D eigenvalue weighted by Crippen LogP contribution is 2.47. The van der Waals surface area contributed by atoms with E-state index in [4.69, 9.17) is 16.3 Å². The number of hydrogen-bond donors (Lipinski definition) is 3. The van der Waals surface area contributed by atoms with Crippen molar-refractivity contribution in [1.29, 1.82) is 0 Å². The minimum Gasteiger partial charge on any atom is -0.444 e. The monoisotopic (exact) mass is 748 g/mol. The zero-order chi connectivity index (χ0) is 36.1. The Labute approximate surface area is 301 Å². The van der Waals surface area contributed by atoms with Crippen molar-refractivity contribution in [2.24, 2.45) is 11.8 Å². The van der Waals surface area contributed by atoms with Crippen LogP contribution in [0, 0.1) is 11.8 Å². The quantitative estimate of drug-likeness (QED) is 0.286. The Morgan fingerprint density at radius 1 is 1.14 bits per heavy atom. The summed E-state index contributed by atoms with van der Waals surface area (Å²) in [6, 6.07) is 3.65. The van der Waals surface area contributed by atoms with Gasteiger partial charge >= 0.3 is 6.09 Å². The normalized spacial score (nSPS) is 25.0. The predicted molar refractivity (Wildman–Crippen MR) is 189 cm³/mol. The molecule has 3 heterocycles. The molecule has 1 aromatic carbocycles. The van der Waals surface area contributed by atoms with Crippen molar-refractivity contribution in [2.45, 2.75) is 115 Å². The number of hydrogen-bond acceptors (Lipinski definition) is 10. The molecule has 0 radical (unpaired) electrons. The number of nitrogens with one attached hydrogen (secondary N) is 3. The van der Waals surface area contributed by atoms with Gasteiger partial charge in [-0.05, 0) is 54.2 Å². The predicted octanol–water partition coefficient (Wildman–Crippen LogP) is 4.37. The molecule has 3 N–H and O–H groups in total. The second-order valence-electron chi connectivity index (χ2n) is 14.5. The van der Waals surface area contributed by atoms with E-state index < -0.39 is 56.9 Å². The second kappa shape index (κ2) is 13.9. The summed E-state index contributed by atoms with van der Waals surface area (Å²) >= 11 is 7.76. The number of sulfonamides is 1. The molecule has 272 valence electrons. The highest BCUT2D eigenvalue weighted by atomic mass is 35.5. The lowest BCUT2D eigenvalue weighted by Gasteiger charge is -2.31. The molecule has 1 aromatic heterocycles. The van der Waals surface area contributed by atoms with Gasteiger partial charge < -0.3 is 20.3 Å². The number of fused-ring (bicyclic) bond motifs is 1. The number of carbonyl (C=O) groups excluding carboxylic acids is 4. The van der Waals surface area contributed by atoms with Crippen molar-refractivity contribution in [3.63, 3.8) is 0 Å². The van der Waals surface area contributed by atoms with Crippen molar-refractivity contribution in [3.05, 3.63) is 45.4 Å². The Morgan fingerprint density at radius 3 is 2.48 bits per heavy atom. The van der Waals surface area contributed by atoms with E-state index in [0.29, 0.717) is 36.0 Å². The maximum Gasteiger partial charge on any atom is 0.410 e. The summed E-state index contributed by atoms with van der Waals surface area (Å²) in [7, 11) is -3.85. The summed E-state index contributed by atoms with van der Waals surface area (Å²) in [6.07, 6.45) is 0.379. The van der Waals surface area contributed by atoms with Crippen LogP contribution >= 0.6 is 22.9 Å². The van der Waals surface area contributed by atoms with Gasteiger partial charge in [0, 0.05) is 23.4 Å². The molecule has 13 nitrogen and oxygen atoms in total. The summed E-state index contributed by atoms with van der Waals surface area (Å²) in [5, 5.41) is 8.59. The number of thiazole rings is 1. The Kier molecular flexibility index (Phi) is 10.1. The number of likely N-dealkylation sites (tertiary alicyclic amines) is 1. The molecule has 4 aliphatic rings. The third kappa shape index (κ3) is 7.31. The third-order valence-electron chi connectivity index (χ3n) is 10.2. The number of anilines is 1. The molecule has 4 amide bonds. The molecule has 6 rings (SSSR count). The molecule has 1 saturated heterocycles. The Bertz CT molecular complexity index is 1780. The lowest BCUT2D eigenvalue weighted by Crippen LogP contribution is -2.58. The first-order valence-electron chi connectivity index (χ1n) is 17.3. The van der Waals surface area contributed by atoms with Crippen LogP contribution in [0.2, 0.25) is 5.02 Å². The van der Waals surface area contributed by atoms with Gasteiger partial charge in [-0.2, -0.15) is 0 Å². The van der Waals surface area contributed by atoms with Gasteiger partial charge in [-0.15, -0.1) is 11.3 Å². The summed E-state index contributed by atoms with van der Waals surface area (Å²) < 4.78 is 33.5. The van der Waals surface area contributed by atoms with E-state index in [1.807, 2.05) is 52.1 Å². The average Bonchev–Trinajstić information content (AvgIpc) is 3.86. The van der Waals surface area contributed by atoms with Crippen LogP contribution in [0.5, 0.6) is 0 Å². The van der Waals surface area contributed by atoms with Crippen molar-refractivity contribution in [3.8, 4) is 0 Å². The average molecular weight is 749 g/mol. The van der Waals surface area contributed by atoms with Gasteiger partial charge in [0.25, 0.3) is 5.91 Å². The zero-order valence-corrected chi connectivity index (χ0v) is 31.3. The van der Waals surface area contributed by atoms with Crippen LogP contribution in [-0.2, 0) is 42.2 Å². The van der Waals surface area contributed by atoms with Crippen molar-refractivity contribution < 1.29 is 32.3 Å². The van der Waals surface area contributed by atoms with Crippen molar-refractivity contribution >= 4 is 61.9 Å². The molecule has 0 bridgehead atoms. The standard InChI is InChI=1S/C34H45ClN6O7S2/c1-6-21-13-34(21,31(44)39-50(46,47)23-10-11-23)38-29(42)27-12-22(48-33(45)40-14-20-8-7-9-25(35)24(20)16-40)15-41(27)30(43)28(19(4)5)37-32-36-26(17-49-32)18(2)3/h7-9,17-19,21-23,27-28H,6,10-16H2,1-5H3,(H,36,37)(H,38,42)(H,39,44)/t21-,22-,27+,28+,34-/m1/s1. The molecule has 2 aliphatic carbocycles. The summed E-state index contributed by atoms with van der Waals surface area (Å²) in [5.74, 6) is -2.01. The molecule has 2 aliphatic heterocycles. The maximum atomic E-state index is 14.4. The van der Waals surface area contributed by atoms with E-state index in [9.17, 15) is 27.6 Å². The van der Waals surface area contributed by atoms with Crippen LogP contribution in [-0.4, -0.2) is 82.5 Å². The van der Waals surface area contributed by atoms with E-state index in [2.05, 4.69) is 20.3 Å². The van der Waals surface area contributed by atoms with E-state index in [0.717, 1.165) is 16.8 Å². The van der Waals surface area contributed by atoms with Crippen molar-refractivity contribution in [2.75, 3.05) is 11.9 Å². The van der Waals surface area contributed by atoms with Crippen LogP contribution in [0.3, 0.4) is 0 Å². The number of ether oxygens (including phenoxy) is 1. The number of halogens is 1. The minimum absolute atomic E-state index is 0.000708. The molecule has 2 aromatic rings. The first-order valence-corrected chi connectivity index (χ1v) is 20.1. The summed E-state index contributed by atoms with van der Waals surface area (Å²) in [4.78, 5) is 63.0. The molecule has 0 unspecified atom stereocenters. The van der Waals surface area contributed by atoms with Crippen LogP contribution < -0.4 is 15.4 Å².